The number of rotatable bonds is 13. The molecule has 0 heterocycles. The standard InChI is InChI=1S/C20H42N4O2/c1-17(2)10-9-11-23(7)20(26)16-24(8)19(25)15-22(6)13-12-21(5)14-18(3)4/h17-18H,9-16H2,1-8H3. The maximum absolute atomic E-state index is 12.3. The Morgan fingerprint density at radius 1 is 0.692 bits per heavy atom. The Kier molecular flexibility index (Phi) is 12.5. The van der Waals surface area contributed by atoms with Gasteiger partial charge in [-0.1, -0.05) is 27.7 Å². The van der Waals surface area contributed by atoms with Crippen LogP contribution in [0.4, 0.5) is 0 Å². The van der Waals surface area contributed by atoms with Crippen LogP contribution in [0.15, 0.2) is 0 Å². The van der Waals surface area contributed by atoms with E-state index in [1.807, 2.05) is 19.0 Å². The Morgan fingerprint density at radius 3 is 1.77 bits per heavy atom. The number of hydrogen-bond acceptors (Lipinski definition) is 4. The average molecular weight is 371 g/mol. The number of carbonyl (C=O) groups excluding carboxylic acids is 2. The van der Waals surface area contributed by atoms with Crippen LogP contribution >= 0.6 is 0 Å². The molecule has 0 saturated carbocycles. The van der Waals surface area contributed by atoms with Crippen LogP contribution < -0.4 is 0 Å². The molecule has 6 heteroatoms. The first-order valence-corrected chi connectivity index (χ1v) is 9.87. The molecular formula is C20H42N4O2. The largest absolute Gasteiger partial charge is 0.344 e. The Bertz CT molecular complexity index is 413. The van der Waals surface area contributed by atoms with Crippen molar-refractivity contribution in [3.8, 4) is 0 Å². The van der Waals surface area contributed by atoms with E-state index in [4.69, 9.17) is 0 Å². The van der Waals surface area contributed by atoms with Crippen LogP contribution in [0.5, 0.6) is 0 Å². The summed E-state index contributed by atoms with van der Waals surface area (Å²) in [6.45, 7) is 12.9. The maximum atomic E-state index is 12.3. The van der Waals surface area contributed by atoms with Crippen LogP contribution in [0.1, 0.15) is 40.5 Å². The fourth-order valence-corrected chi connectivity index (χ4v) is 2.76. The highest BCUT2D eigenvalue weighted by molar-refractivity contribution is 5.85. The summed E-state index contributed by atoms with van der Waals surface area (Å²) in [6.07, 6.45) is 2.12. The van der Waals surface area contributed by atoms with Crippen LogP contribution in [0.25, 0.3) is 0 Å². The second-order valence-electron chi connectivity index (χ2n) is 8.50. The lowest BCUT2D eigenvalue weighted by Crippen LogP contribution is -2.44. The summed E-state index contributed by atoms with van der Waals surface area (Å²) in [4.78, 5) is 32.2. The predicted molar refractivity (Wildman–Crippen MR) is 109 cm³/mol. The van der Waals surface area contributed by atoms with E-state index in [9.17, 15) is 9.59 Å². The molecule has 0 rings (SSSR count). The summed E-state index contributed by atoms with van der Waals surface area (Å²) < 4.78 is 0. The minimum absolute atomic E-state index is 0.00364. The number of hydrogen-bond donors (Lipinski definition) is 0. The summed E-state index contributed by atoms with van der Waals surface area (Å²) >= 11 is 0. The predicted octanol–water partition coefficient (Wildman–Crippen LogP) is 1.86. The third-order valence-electron chi connectivity index (χ3n) is 4.44. The second kappa shape index (κ2) is 13.1. The first kappa shape index (κ1) is 24.9. The van der Waals surface area contributed by atoms with Crippen molar-refractivity contribution >= 4 is 11.8 Å². The van der Waals surface area contributed by atoms with Gasteiger partial charge in [-0.05, 0) is 38.8 Å². The summed E-state index contributed by atoms with van der Waals surface area (Å²) in [7, 11) is 7.59. The molecule has 0 unspecified atom stereocenters. The topological polar surface area (TPSA) is 47.1 Å². The zero-order chi connectivity index (χ0) is 20.3. The zero-order valence-electron chi connectivity index (χ0n) is 18.4. The normalized spacial score (nSPS) is 11.7. The minimum Gasteiger partial charge on any atom is -0.344 e. The van der Waals surface area contributed by atoms with Crippen molar-refractivity contribution in [3.05, 3.63) is 0 Å². The molecule has 0 saturated heterocycles. The number of carbonyl (C=O) groups is 2. The van der Waals surface area contributed by atoms with Gasteiger partial charge >= 0.3 is 0 Å². The number of likely N-dealkylation sites (N-methyl/N-ethyl adjacent to an activating group) is 4. The van der Waals surface area contributed by atoms with Gasteiger partial charge in [-0.25, -0.2) is 0 Å². The van der Waals surface area contributed by atoms with Crippen molar-refractivity contribution in [1.82, 2.24) is 19.6 Å². The lowest BCUT2D eigenvalue weighted by molar-refractivity contribution is -0.139. The van der Waals surface area contributed by atoms with E-state index in [0.717, 1.165) is 39.0 Å². The van der Waals surface area contributed by atoms with Gasteiger partial charge in [0.05, 0.1) is 13.1 Å². The monoisotopic (exact) mass is 370 g/mol. The van der Waals surface area contributed by atoms with E-state index in [2.05, 4.69) is 39.6 Å². The van der Waals surface area contributed by atoms with E-state index in [1.165, 1.54) is 4.90 Å². The smallest absolute Gasteiger partial charge is 0.241 e. The first-order chi connectivity index (χ1) is 12.0. The molecule has 0 aromatic carbocycles. The molecule has 0 bridgehead atoms. The summed E-state index contributed by atoms with van der Waals surface area (Å²) in [5.74, 6) is 1.28. The van der Waals surface area contributed by atoms with E-state index < -0.39 is 0 Å². The Balaban J connectivity index is 4.15. The molecule has 0 aromatic heterocycles. The molecule has 0 aromatic rings. The molecule has 0 aliphatic heterocycles. The Hall–Kier alpha value is -1.14. The molecule has 0 N–H and O–H groups in total. The third kappa shape index (κ3) is 12.3. The Morgan fingerprint density at radius 2 is 1.23 bits per heavy atom. The summed E-state index contributed by atoms with van der Waals surface area (Å²) in [5, 5.41) is 0. The van der Waals surface area contributed by atoms with Gasteiger partial charge in [-0.2, -0.15) is 0 Å². The van der Waals surface area contributed by atoms with Crippen LogP contribution in [-0.4, -0.2) is 98.9 Å². The fourth-order valence-electron chi connectivity index (χ4n) is 2.76. The van der Waals surface area contributed by atoms with Crippen LogP contribution in [0.3, 0.4) is 0 Å². The highest BCUT2D eigenvalue weighted by atomic mass is 16.2. The molecule has 26 heavy (non-hydrogen) atoms. The van der Waals surface area contributed by atoms with Crippen molar-refractivity contribution < 1.29 is 9.59 Å². The highest BCUT2D eigenvalue weighted by Crippen LogP contribution is 2.04. The molecular weight excluding hydrogens is 328 g/mol. The van der Waals surface area contributed by atoms with Gasteiger partial charge in [0, 0.05) is 40.3 Å². The van der Waals surface area contributed by atoms with Crippen LogP contribution in [0, 0.1) is 11.8 Å². The van der Waals surface area contributed by atoms with Crippen molar-refractivity contribution in [2.45, 2.75) is 40.5 Å². The summed E-state index contributed by atoms with van der Waals surface area (Å²) in [5.41, 5.74) is 0. The number of nitrogens with zero attached hydrogens (tertiary/aromatic N) is 4. The maximum Gasteiger partial charge on any atom is 0.241 e. The lowest BCUT2D eigenvalue weighted by atomic mass is 10.1. The average Bonchev–Trinajstić information content (AvgIpc) is 2.51. The van der Waals surface area contributed by atoms with Crippen molar-refractivity contribution in [2.24, 2.45) is 11.8 Å². The van der Waals surface area contributed by atoms with E-state index in [-0.39, 0.29) is 18.4 Å². The van der Waals surface area contributed by atoms with E-state index in [0.29, 0.717) is 18.4 Å². The van der Waals surface area contributed by atoms with Gasteiger partial charge in [0.15, 0.2) is 0 Å². The van der Waals surface area contributed by atoms with Gasteiger partial charge < -0.3 is 14.7 Å². The van der Waals surface area contributed by atoms with Crippen molar-refractivity contribution in [1.29, 1.82) is 0 Å². The first-order valence-electron chi connectivity index (χ1n) is 9.87. The van der Waals surface area contributed by atoms with Gasteiger partial charge in [0.1, 0.15) is 0 Å². The zero-order valence-corrected chi connectivity index (χ0v) is 18.4. The van der Waals surface area contributed by atoms with E-state index >= 15 is 0 Å². The highest BCUT2D eigenvalue weighted by Gasteiger charge is 2.17. The van der Waals surface area contributed by atoms with Gasteiger partial charge in [0.2, 0.25) is 11.8 Å². The number of amides is 2. The van der Waals surface area contributed by atoms with Crippen molar-refractivity contribution in [2.75, 3.05) is 67.5 Å². The van der Waals surface area contributed by atoms with Crippen molar-refractivity contribution in [3.63, 3.8) is 0 Å². The second-order valence-corrected chi connectivity index (χ2v) is 8.50. The lowest BCUT2D eigenvalue weighted by Gasteiger charge is -2.26. The van der Waals surface area contributed by atoms with Gasteiger partial charge in [0.25, 0.3) is 0 Å². The molecule has 2 amide bonds. The summed E-state index contributed by atoms with van der Waals surface area (Å²) in [6, 6.07) is 0. The van der Waals surface area contributed by atoms with Crippen LogP contribution in [0.2, 0.25) is 0 Å². The van der Waals surface area contributed by atoms with E-state index in [1.54, 1.807) is 11.9 Å². The Labute approximate surface area is 161 Å². The van der Waals surface area contributed by atoms with Crippen LogP contribution in [-0.2, 0) is 9.59 Å². The molecule has 0 radical (unpaired) electrons. The molecule has 6 nitrogen and oxygen atoms in total. The molecule has 0 aliphatic rings. The third-order valence-corrected chi connectivity index (χ3v) is 4.44. The molecule has 0 fully saturated rings. The molecule has 0 spiro atoms. The van der Waals surface area contributed by atoms with Gasteiger partial charge in [-0.15, -0.1) is 0 Å². The fraction of sp³-hybridized carbons (Fsp3) is 0.900. The minimum atomic E-state index is -0.0112. The quantitative estimate of drug-likeness (QED) is 0.496. The molecule has 154 valence electrons. The SMILES string of the molecule is CC(C)CCCN(C)C(=O)CN(C)C(=O)CN(C)CCN(C)CC(C)C. The van der Waals surface area contributed by atoms with Gasteiger partial charge in [-0.3, -0.25) is 14.5 Å². The molecule has 0 aliphatic carbocycles. The molecule has 0 atom stereocenters.